The molecule has 2 amide bonds. The third-order valence-corrected chi connectivity index (χ3v) is 4.19. The average Bonchev–Trinajstić information content (AvgIpc) is 3.29. The molecule has 2 N–H and O–H groups in total. The summed E-state index contributed by atoms with van der Waals surface area (Å²) >= 11 is 0. The van der Waals surface area contributed by atoms with Crippen molar-refractivity contribution in [1.29, 1.82) is 5.26 Å². The highest BCUT2D eigenvalue weighted by atomic mass is 19.3. The van der Waals surface area contributed by atoms with E-state index in [-0.39, 0.29) is 24.6 Å². The van der Waals surface area contributed by atoms with Gasteiger partial charge in [-0.2, -0.15) is 5.26 Å². The van der Waals surface area contributed by atoms with Gasteiger partial charge < -0.3 is 14.8 Å². The Morgan fingerprint density at radius 2 is 2.22 bits per heavy atom. The number of aromatic nitrogens is 1. The van der Waals surface area contributed by atoms with E-state index < -0.39 is 30.5 Å². The Morgan fingerprint density at radius 1 is 1.44 bits per heavy atom. The third-order valence-electron chi connectivity index (χ3n) is 4.19. The lowest BCUT2D eigenvalue weighted by Gasteiger charge is -2.19. The predicted octanol–water partition coefficient (Wildman–Crippen LogP) is 2.33. The van der Waals surface area contributed by atoms with E-state index in [1.165, 1.54) is 6.20 Å². The molecule has 1 aromatic carbocycles. The number of hydrogen-bond donors (Lipinski definition) is 2. The van der Waals surface area contributed by atoms with Gasteiger partial charge in [0.05, 0.1) is 23.9 Å². The number of nitriles is 1. The predicted molar refractivity (Wildman–Crippen MR) is 87.0 cm³/mol. The number of carbonyl (C=O) groups excluding carboxylic acids is 1. The molecule has 2 aromatic rings. The van der Waals surface area contributed by atoms with E-state index in [9.17, 15) is 18.4 Å². The number of rotatable bonds is 4. The van der Waals surface area contributed by atoms with Crippen LogP contribution < -0.4 is 5.32 Å². The number of carboxylic acid groups (broad SMARTS) is 1. The van der Waals surface area contributed by atoms with Gasteiger partial charge in [0, 0.05) is 18.2 Å². The zero-order chi connectivity index (χ0) is 19.6. The van der Waals surface area contributed by atoms with E-state index in [1.54, 1.807) is 24.3 Å². The van der Waals surface area contributed by atoms with Crippen molar-refractivity contribution in [3.05, 3.63) is 41.9 Å². The van der Waals surface area contributed by atoms with E-state index in [0.717, 1.165) is 0 Å². The summed E-state index contributed by atoms with van der Waals surface area (Å²) in [6.45, 7) is -0.242. The highest BCUT2D eigenvalue weighted by Crippen LogP contribution is 2.25. The van der Waals surface area contributed by atoms with Crippen molar-refractivity contribution < 1.29 is 27.9 Å². The molecule has 1 aliphatic heterocycles. The molecule has 8 nitrogen and oxygen atoms in total. The molecule has 0 bridgehead atoms. The summed E-state index contributed by atoms with van der Waals surface area (Å²) in [6.07, 6.45) is -3.20. The molecule has 27 heavy (non-hydrogen) atoms. The van der Waals surface area contributed by atoms with Crippen molar-refractivity contribution in [1.82, 2.24) is 15.2 Å². The highest BCUT2D eigenvalue weighted by Gasteiger charge is 2.41. The van der Waals surface area contributed by atoms with Gasteiger partial charge >= 0.3 is 12.0 Å². The van der Waals surface area contributed by atoms with Gasteiger partial charge in [0.15, 0.2) is 5.76 Å². The second-order valence-corrected chi connectivity index (χ2v) is 5.97. The van der Waals surface area contributed by atoms with Crippen molar-refractivity contribution >= 4 is 12.0 Å². The SMILES string of the molecule is N#Cc1cccc(-c2cnc(C(=O)N[C@@H]3C[C@@H](C(F)F)N(C(=O)O)C3)o2)c1. The zero-order valence-electron chi connectivity index (χ0n) is 13.8. The molecule has 0 saturated carbocycles. The molecular weight excluding hydrogens is 362 g/mol. The van der Waals surface area contributed by atoms with Crippen LogP contribution in [0.15, 0.2) is 34.9 Å². The van der Waals surface area contributed by atoms with Crippen LogP contribution in [0.4, 0.5) is 13.6 Å². The maximum absolute atomic E-state index is 13.0. The minimum Gasteiger partial charge on any atom is -0.465 e. The first-order chi connectivity index (χ1) is 12.9. The summed E-state index contributed by atoms with van der Waals surface area (Å²) in [6, 6.07) is 6.25. The number of oxazole rings is 1. The monoisotopic (exact) mass is 376 g/mol. The molecule has 0 radical (unpaired) electrons. The summed E-state index contributed by atoms with van der Waals surface area (Å²) in [5.74, 6) is -0.751. The van der Waals surface area contributed by atoms with Crippen LogP contribution in [0.5, 0.6) is 0 Å². The second-order valence-electron chi connectivity index (χ2n) is 5.97. The highest BCUT2D eigenvalue weighted by molar-refractivity contribution is 5.90. The lowest BCUT2D eigenvalue weighted by molar-refractivity contribution is 0.0470. The van der Waals surface area contributed by atoms with Gasteiger partial charge in [-0.1, -0.05) is 12.1 Å². The van der Waals surface area contributed by atoms with Crippen LogP contribution >= 0.6 is 0 Å². The van der Waals surface area contributed by atoms with Crippen molar-refractivity contribution in [2.24, 2.45) is 0 Å². The minimum absolute atomic E-state index is 0.201. The summed E-state index contributed by atoms with van der Waals surface area (Å²) in [4.78, 5) is 27.8. The van der Waals surface area contributed by atoms with Gasteiger partial charge in [-0.3, -0.25) is 9.69 Å². The Morgan fingerprint density at radius 3 is 2.85 bits per heavy atom. The minimum atomic E-state index is -2.84. The topological polar surface area (TPSA) is 119 Å². The van der Waals surface area contributed by atoms with Gasteiger partial charge in [-0.25, -0.2) is 18.6 Å². The summed E-state index contributed by atoms with van der Waals surface area (Å²) < 4.78 is 31.3. The third kappa shape index (κ3) is 3.87. The first kappa shape index (κ1) is 18.3. The fourth-order valence-corrected chi connectivity index (χ4v) is 2.93. The fraction of sp³-hybridized carbons (Fsp3) is 0.294. The Hall–Kier alpha value is -3.48. The number of nitrogens with one attached hydrogen (secondary N) is 1. The van der Waals surface area contributed by atoms with E-state index in [4.69, 9.17) is 14.8 Å². The molecule has 2 atom stereocenters. The van der Waals surface area contributed by atoms with E-state index in [2.05, 4.69) is 10.3 Å². The van der Waals surface area contributed by atoms with E-state index in [1.807, 2.05) is 6.07 Å². The van der Waals surface area contributed by atoms with Crippen molar-refractivity contribution in [3.63, 3.8) is 0 Å². The van der Waals surface area contributed by atoms with Crippen LogP contribution in [0.1, 0.15) is 22.7 Å². The molecule has 1 saturated heterocycles. The molecule has 1 aliphatic rings. The maximum Gasteiger partial charge on any atom is 0.407 e. The lowest BCUT2D eigenvalue weighted by Crippen LogP contribution is -2.40. The number of halogens is 2. The van der Waals surface area contributed by atoms with Crippen molar-refractivity contribution in [3.8, 4) is 17.4 Å². The van der Waals surface area contributed by atoms with E-state index in [0.29, 0.717) is 16.0 Å². The first-order valence-corrected chi connectivity index (χ1v) is 7.94. The normalized spacial score (nSPS) is 19.1. The van der Waals surface area contributed by atoms with Crippen molar-refractivity contribution in [2.75, 3.05) is 6.54 Å². The molecule has 0 spiro atoms. The largest absolute Gasteiger partial charge is 0.465 e. The molecule has 10 heteroatoms. The van der Waals surface area contributed by atoms with Crippen LogP contribution in [0.25, 0.3) is 11.3 Å². The average molecular weight is 376 g/mol. The standard InChI is InChI=1S/C17H14F2N4O4/c18-14(19)12-5-11(8-23(12)17(25)26)22-15(24)16-21-7-13(27-16)10-3-1-2-9(4-10)6-20/h1-4,7,11-12,14H,5,8H2,(H,22,24)(H,25,26)/t11-,12+/m1/s1. The van der Waals surface area contributed by atoms with E-state index >= 15 is 0 Å². The quantitative estimate of drug-likeness (QED) is 0.845. The Kier molecular flexibility index (Phi) is 5.03. The number of likely N-dealkylation sites (tertiary alicyclic amines) is 1. The molecule has 0 unspecified atom stereocenters. The molecule has 0 aliphatic carbocycles. The van der Waals surface area contributed by atoms with Crippen LogP contribution in [0, 0.1) is 11.3 Å². The first-order valence-electron chi connectivity index (χ1n) is 7.94. The van der Waals surface area contributed by atoms with Crippen LogP contribution in [0.3, 0.4) is 0 Å². The summed E-state index contributed by atoms with van der Waals surface area (Å²) in [5, 5.41) is 20.4. The molecule has 140 valence electrons. The zero-order valence-corrected chi connectivity index (χ0v) is 13.8. The molecule has 3 rings (SSSR count). The number of hydrogen-bond acceptors (Lipinski definition) is 5. The number of nitrogens with zero attached hydrogens (tertiary/aromatic N) is 3. The summed E-state index contributed by atoms with van der Waals surface area (Å²) in [7, 11) is 0. The van der Waals surface area contributed by atoms with Crippen molar-refractivity contribution in [2.45, 2.75) is 24.9 Å². The lowest BCUT2D eigenvalue weighted by atomic mass is 10.1. The van der Waals surface area contributed by atoms with Crippen LogP contribution in [0.2, 0.25) is 0 Å². The number of carbonyl (C=O) groups is 2. The Bertz CT molecular complexity index is 908. The van der Waals surface area contributed by atoms with Gasteiger partial charge in [0.2, 0.25) is 0 Å². The van der Waals surface area contributed by atoms with Gasteiger partial charge in [0.1, 0.15) is 0 Å². The molecule has 2 heterocycles. The second kappa shape index (κ2) is 7.41. The fourth-order valence-electron chi connectivity index (χ4n) is 2.93. The number of amides is 2. The van der Waals surface area contributed by atoms with Crippen LogP contribution in [-0.2, 0) is 0 Å². The molecule has 1 aromatic heterocycles. The van der Waals surface area contributed by atoms with Gasteiger partial charge in [0.25, 0.3) is 12.3 Å². The number of alkyl halides is 2. The Balaban J connectivity index is 1.70. The molecular formula is C17H14F2N4O4. The smallest absolute Gasteiger partial charge is 0.407 e. The maximum atomic E-state index is 13.0. The molecule has 1 fully saturated rings. The van der Waals surface area contributed by atoms with Gasteiger partial charge in [-0.05, 0) is 18.6 Å². The summed E-state index contributed by atoms with van der Waals surface area (Å²) in [5.41, 5.74) is 0.962. The number of benzene rings is 1. The van der Waals surface area contributed by atoms with Gasteiger partial charge in [-0.15, -0.1) is 0 Å². The Labute approximate surface area is 152 Å². The van der Waals surface area contributed by atoms with Crippen LogP contribution in [-0.4, -0.2) is 52.0 Å².